The van der Waals surface area contributed by atoms with Gasteiger partial charge in [-0.15, -0.1) is 10.2 Å². The number of pyridine rings is 1. The van der Waals surface area contributed by atoms with Crippen LogP contribution in [0.2, 0.25) is 0 Å². The molecule has 0 saturated heterocycles. The molecule has 0 bridgehead atoms. The number of aromatic amines is 1. The summed E-state index contributed by atoms with van der Waals surface area (Å²) in [5.41, 5.74) is 3.96. The molecule has 0 fully saturated rings. The maximum atomic E-state index is 11.9. The molecule has 0 radical (unpaired) electrons. The third kappa shape index (κ3) is 2.88. The summed E-state index contributed by atoms with van der Waals surface area (Å²) in [7, 11) is 0. The zero-order chi connectivity index (χ0) is 15.5. The largest absolute Gasteiger partial charge is 0.334 e. The predicted octanol–water partition coefficient (Wildman–Crippen LogP) is 3.19. The number of aromatic nitrogens is 3. The molecule has 5 heteroatoms. The van der Waals surface area contributed by atoms with Crippen molar-refractivity contribution in [1.29, 1.82) is 0 Å². The van der Waals surface area contributed by atoms with Crippen LogP contribution in [-0.2, 0) is 0 Å². The lowest BCUT2D eigenvalue weighted by Crippen LogP contribution is -2.14. The Balaban J connectivity index is 1.85. The predicted molar refractivity (Wildman–Crippen MR) is 87.3 cm³/mol. The fourth-order valence-electron chi connectivity index (χ4n) is 2.12. The minimum atomic E-state index is -0.169. The van der Waals surface area contributed by atoms with Crippen molar-refractivity contribution in [2.75, 3.05) is 5.32 Å². The molecule has 2 aromatic heterocycles. The third-order valence-electron chi connectivity index (χ3n) is 3.49. The molecule has 0 aliphatic rings. The SMILES string of the molecule is Cc1cc(Nc2ccc(-c3ccccc3)nn2)c(=O)[nH]c1C. The van der Waals surface area contributed by atoms with Crippen molar-refractivity contribution >= 4 is 11.5 Å². The lowest BCUT2D eigenvalue weighted by molar-refractivity contribution is 1.04. The highest BCUT2D eigenvalue weighted by Gasteiger charge is 2.05. The van der Waals surface area contributed by atoms with Gasteiger partial charge in [0.15, 0.2) is 5.82 Å². The van der Waals surface area contributed by atoms with Crippen LogP contribution in [0.15, 0.2) is 53.3 Å². The Labute approximate surface area is 128 Å². The number of nitrogens with zero attached hydrogens (tertiary/aromatic N) is 2. The topological polar surface area (TPSA) is 70.7 Å². The summed E-state index contributed by atoms with van der Waals surface area (Å²) in [6.07, 6.45) is 0. The van der Waals surface area contributed by atoms with Crippen LogP contribution in [0.1, 0.15) is 11.3 Å². The molecule has 3 aromatic rings. The monoisotopic (exact) mass is 292 g/mol. The molecular formula is C17H16N4O. The van der Waals surface area contributed by atoms with E-state index in [9.17, 15) is 4.79 Å². The number of aryl methyl sites for hydroxylation is 2. The van der Waals surface area contributed by atoms with Gasteiger partial charge in [0.1, 0.15) is 5.69 Å². The van der Waals surface area contributed by atoms with E-state index in [0.717, 1.165) is 22.5 Å². The lowest BCUT2D eigenvalue weighted by Gasteiger charge is -2.07. The molecule has 110 valence electrons. The molecule has 0 aliphatic heterocycles. The van der Waals surface area contributed by atoms with Crippen LogP contribution in [-0.4, -0.2) is 15.2 Å². The Morgan fingerprint density at radius 2 is 1.77 bits per heavy atom. The zero-order valence-corrected chi connectivity index (χ0v) is 12.4. The van der Waals surface area contributed by atoms with Crippen LogP contribution in [0.5, 0.6) is 0 Å². The molecule has 0 saturated carbocycles. The van der Waals surface area contributed by atoms with E-state index in [1.807, 2.05) is 56.3 Å². The fourth-order valence-corrected chi connectivity index (χ4v) is 2.12. The van der Waals surface area contributed by atoms with E-state index < -0.39 is 0 Å². The quantitative estimate of drug-likeness (QED) is 0.777. The number of hydrogen-bond acceptors (Lipinski definition) is 4. The minimum Gasteiger partial charge on any atom is -0.334 e. The van der Waals surface area contributed by atoms with Gasteiger partial charge in [0, 0.05) is 11.3 Å². The Bertz CT molecular complexity index is 839. The maximum Gasteiger partial charge on any atom is 0.271 e. The number of hydrogen-bond donors (Lipinski definition) is 2. The standard InChI is InChI=1S/C17H16N4O/c1-11-10-15(17(22)18-12(11)2)19-16-9-8-14(20-21-16)13-6-4-3-5-7-13/h3-10H,1-2H3,(H,18,22)(H,19,21). The van der Waals surface area contributed by atoms with Gasteiger partial charge < -0.3 is 10.3 Å². The lowest BCUT2D eigenvalue weighted by atomic mass is 10.1. The number of H-pyrrole nitrogens is 1. The molecule has 0 spiro atoms. The summed E-state index contributed by atoms with van der Waals surface area (Å²) < 4.78 is 0. The third-order valence-corrected chi connectivity index (χ3v) is 3.49. The highest BCUT2D eigenvalue weighted by atomic mass is 16.1. The summed E-state index contributed by atoms with van der Waals surface area (Å²) in [5, 5.41) is 11.3. The second kappa shape index (κ2) is 5.81. The maximum absolute atomic E-state index is 11.9. The summed E-state index contributed by atoms with van der Waals surface area (Å²) in [4.78, 5) is 14.7. The molecule has 0 unspecified atom stereocenters. The van der Waals surface area contributed by atoms with Gasteiger partial charge in [-0.3, -0.25) is 4.79 Å². The number of nitrogens with one attached hydrogen (secondary N) is 2. The molecule has 5 nitrogen and oxygen atoms in total. The van der Waals surface area contributed by atoms with E-state index in [-0.39, 0.29) is 5.56 Å². The highest BCUT2D eigenvalue weighted by Crippen LogP contribution is 2.18. The molecule has 22 heavy (non-hydrogen) atoms. The van der Waals surface area contributed by atoms with Crippen molar-refractivity contribution in [3.8, 4) is 11.3 Å². The zero-order valence-electron chi connectivity index (χ0n) is 12.4. The number of anilines is 2. The van der Waals surface area contributed by atoms with Gasteiger partial charge in [-0.1, -0.05) is 30.3 Å². The fraction of sp³-hybridized carbons (Fsp3) is 0.118. The minimum absolute atomic E-state index is 0.169. The van der Waals surface area contributed by atoms with E-state index >= 15 is 0 Å². The summed E-state index contributed by atoms with van der Waals surface area (Å²) in [6, 6.07) is 15.3. The molecule has 2 heterocycles. The van der Waals surface area contributed by atoms with Gasteiger partial charge in [-0.25, -0.2) is 0 Å². The summed E-state index contributed by atoms with van der Waals surface area (Å²) in [6.45, 7) is 3.82. The van der Waals surface area contributed by atoms with Crippen molar-refractivity contribution in [3.63, 3.8) is 0 Å². The van der Waals surface area contributed by atoms with Crippen molar-refractivity contribution < 1.29 is 0 Å². The summed E-state index contributed by atoms with van der Waals surface area (Å²) >= 11 is 0. The van der Waals surface area contributed by atoms with E-state index in [2.05, 4.69) is 20.5 Å². The van der Waals surface area contributed by atoms with Crippen molar-refractivity contribution in [1.82, 2.24) is 15.2 Å². The normalized spacial score (nSPS) is 10.5. The van der Waals surface area contributed by atoms with Gasteiger partial charge in [-0.05, 0) is 37.6 Å². The molecule has 0 atom stereocenters. The van der Waals surface area contributed by atoms with Gasteiger partial charge >= 0.3 is 0 Å². The van der Waals surface area contributed by atoms with Crippen LogP contribution in [0.3, 0.4) is 0 Å². The van der Waals surface area contributed by atoms with Crippen molar-refractivity contribution in [2.45, 2.75) is 13.8 Å². The average molecular weight is 292 g/mol. The Morgan fingerprint density at radius 3 is 2.45 bits per heavy atom. The number of rotatable bonds is 3. The van der Waals surface area contributed by atoms with Gasteiger partial charge in [-0.2, -0.15) is 0 Å². The summed E-state index contributed by atoms with van der Waals surface area (Å²) in [5.74, 6) is 0.536. The van der Waals surface area contributed by atoms with Crippen LogP contribution in [0.4, 0.5) is 11.5 Å². The van der Waals surface area contributed by atoms with Crippen LogP contribution >= 0.6 is 0 Å². The van der Waals surface area contributed by atoms with E-state index in [1.54, 1.807) is 6.07 Å². The first-order chi connectivity index (χ1) is 10.6. The van der Waals surface area contributed by atoms with Crippen LogP contribution in [0.25, 0.3) is 11.3 Å². The van der Waals surface area contributed by atoms with Crippen molar-refractivity contribution in [3.05, 3.63) is 70.1 Å². The first-order valence-electron chi connectivity index (χ1n) is 7.00. The first kappa shape index (κ1) is 14.0. The number of benzene rings is 1. The molecule has 0 amide bonds. The molecule has 2 N–H and O–H groups in total. The van der Waals surface area contributed by atoms with Gasteiger partial charge in [0.05, 0.1) is 5.69 Å². The second-order valence-electron chi connectivity index (χ2n) is 5.11. The van der Waals surface area contributed by atoms with Crippen molar-refractivity contribution in [2.24, 2.45) is 0 Å². The Kier molecular flexibility index (Phi) is 3.70. The highest BCUT2D eigenvalue weighted by molar-refractivity contribution is 5.61. The Hall–Kier alpha value is -2.95. The van der Waals surface area contributed by atoms with Crippen LogP contribution in [0, 0.1) is 13.8 Å². The molecule has 1 aromatic carbocycles. The molecule has 0 aliphatic carbocycles. The second-order valence-corrected chi connectivity index (χ2v) is 5.11. The van der Waals surface area contributed by atoms with Gasteiger partial charge in [0.25, 0.3) is 5.56 Å². The molecular weight excluding hydrogens is 276 g/mol. The Morgan fingerprint density at radius 1 is 1.00 bits per heavy atom. The first-order valence-corrected chi connectivity index (χ1v) is 7.00. The molecule has 3 rings (SSSR count). The van der Waals surface area contributed by atoms with Crippen LogP contribution < -0.4 is 10.9 Å². The van der Waals surface area contributed by atoms with E-state index in [4.69, 9.17) is 0 Å². The smallest absolute Gasteiger partial charge is 0.271 e. The van der Waals surface area contributed by atoms with E-state index in [1.165, 1.54) is 0 Å². The van der Waals surface area contributed by atoms with Gasteiger partial charge in [0.2, 0.25) is 0 Å². The average Bonchev–Trinajstić information content (AvgIpc) is 2.54. The van der Waals surface area contributed by atoms with E-state index in [0.29, 0.717) is 11.5 Å².